The van der Waals surface area contributed by atoms with Gasteiger partial charge in [0.05, 0.1) is 6.10 Å². The third-order valence-electron chi connectivity index (χ3n) is 4.59. The van der Waals surface area contributed by atoms with Crippen LogP contribution in [0, 0.1) is 5.92 Å². The van der Waals surface area contributed by atoms with E-state index in [0.29, 0.717) is 5.92 Å². The molecule has 2 heteroatoms. The predicted octanol–water partition coefficient (Wildman–Crippen LogP) is 4.81. The highest BCUT2D eigenvalue weighted by atomic mass is 16.3. The topological polar surface area (TPSA) is 33.4 Å². The summed E-state index contributed by atoms with van der Waals surface area (Å²) in [4.78, 5) is 0. The Morgan fingerprint density at radius 2 is 1.70 bits per heavy atom. The molecular formula is C18H18O2. The van der Waals surface area contributed by atoms with Crippen LogP contribution in [-0.4, -0.2) is 5.11 Å². The Balaban J connectivity index is 1.82. The Hall–Kier alpha value is -1.80. The fourth-order valence-electron chi connectivity index (χ4n) is 3.47. The van der Waals surface area contributed by atoms with Crippen molar-refractivity contribution in [3.8, 4) is 0 Å². The molecule has 1 aliphatic rings. The Morgan fingerprint density at radius 3 is 2.55 bits per heavy atom. The molecule has 1 N–H and O–H groups in total. The average molecular weight is 266 g/mol. The number of para-hydroxylation sites is 1. The number of benzene rings is 2. The third kappa shape index (κ3) is 1.83. The number of furan rings is 1. The standard InChI is InChI=1S/C18H18O2/c19-18(12-5-1-2-6-12)13-9-10-17-15(11-13)14-7-3-4-8-16(14)20-17/h3-4,7-12,18-19H,1-2,5-6H2. The minimum atomic E-state index is -0.337. The van der Waals surface area contributed by atoms with Crippen LogP contribution in [0.15, 0.2) is 46.9 Å². The van der Waals surface area contributed by atoms with Crippen LogP contribution >= 0.6 is 0 Å². The molecule has 20 heavy (non-hydrogen) atoms. The molecule has 1 atom stereocenters. The lowest BCUT2D eigenvalue weighted by molar-refractivity contribution is 0.112. The van der Waals surface area contributed by atoms with Gasteiger partial charge in [0.1, 0.15) is 11.2 Å². The molecule has 3 aromatic rings. The summed E-state index contributed by atoms with van der Waals surface area (Å²) in [5.41, 5.74) is 2.83. The Bertz CT molecular complexity index is 750. The van der Waals surface area contributed by atoms with Crippen LogP contribution in [0.3, 0.4) is 0 Å². The Kier molecular flexibility index (Phi) is 2.78. The molecule has 0 bridgehead atoms. The first-order valence-corrected chi connectivity index (χ1v) is 7.42. The fraction of sp³-hybridized carbons (Fsp3) is 0.333. The molecule has 1 heterocycles. The quantitative estimate of drug-likeness (QED) is 0.722. The van der Waals surface area contributed by atoms with E-state index in [1.165, 1.54) is 12.8 Å². The maximum absolute atomic E-state index is 10.6. The SMILES string of the molecule is OC(c1ccc2oc3ccccc3c2c1)C1CCCC1. The highest BCUT2D eigenvalue weighted by Crippen LogP contribution is 2.37. The van der Waals surface area contributed by atoms with E-state index >= 15 is 0 Å². The third-order valence-corrected chi connectivity index (χ3v) is 4.59. The largest absolute Gasteiger partial charge is 0.456 e. The van der Waals surface area contributed by atoms with Crippen LogP contribution < -0.4 is 0 Å². The first-order valence-electron chi connectivity index (χ1n) is 7.42. The van der Waals surface area contributed by atoms with E-state index in [4.69, 9.17) is 4.42 Å². The summed E-state index contributed by atoms with van der Waals surface area (Å²) in [5.74, 6) is 0.422. The van der Waals surface area contributed by atoms with Gasteiger partial charge in [-0.2, -0.15) is 0 Å². The van der Waals surface area contributed by atoms with Crippen LogP contribution in [0.25, 0.3) is 21.9 Å². The molecular weight excluding hydrogens is 248 g/mol. The van der Waals surface area contributed by atoms with E-state index in [1.807, 2.05) is 30.3 Å². The van der Waals surface area contributed by atoms with Gasteiger partial charge in [-0.05, 0) is 42.5 Å². The molecule has 2 aromatic carbocycles. The number of hydrogen-bond donors (Lipinski definition) is 1. The van der Waals surface area contributed by atoms with Crippen molar-refractivity contribution >= 4 is 21.9 Å². The summed E-state index contributed by atoms with van der Waals surface area (Å²) in [6, 6.07) is 14.2. The molecule has 1 fully saturated rings. The van der Waals surface area contributed by atoms with Gasteiger partial charge in [-0.25, -0.2) is 0 Å². The molecule has 0 spiro atoms. The molecule has 0 aliphatic heterocycles. The molecule has 0 radical (unpaired) electrons. The van der Waals surface area contributed by atoms with Gasteiger partial charge in [0, 0.05) is 10.8 Å². The number of rotatable bonds is 2. The summed E-state index contributed by atoms with van der Waals surface area (Å²) in [6.45, 7) is 0. The van der Waals surface area contributed by atoms with Crippen LogP contribution in [-0.2, 0) is 0 Å². The number of aliphatic hydroxyl groups excluding tert-OH is 1. The molecule has 2 nitrogen and oxygen atoms in total. The maximum atomic E-state index is 10.6. The summed E-state index contributed by atoms with van der Waals surface area (Å²) < 4.78 is 5.83. The van der Waals surface area contributed by atoms with Gasteiger partial charge in [-0.15, -0.1) is 0 Å². The van der Waals surface area contributed by atoms with Crippen molar-refractivity contribution in [3.05, 3.63) is 48.0 Å². The fourth-order valence-corrected chi connectivity index (χ4v) is 3.47. The number of fused-ring (bicyclic) bond motifs is 3. The van der Waals surface area contributed by atoms with Crippen molar-refractivity contribution in [1.82, 2.24) is 0 Å². The van der Waals surface area contributed by atoms with Crippen LogP contribution in [0.5, 0.6) is 0 Å². The molecule has 1 aromatic heterocycles. The van der Waals surface area contributed by atoms with Gasteiger partial charge >= 0.3 is 0 Å². The number of aliphatic hydroxyl groups is 1. The van der Waals surface area contributed by atoms with Crippen LogP contribution in [0.2, 0.25) is 0 Å². The van der Waals surface area contributed by atoms with Crippen molar-refractivity contribution in [2.75, 3.05) is 0 Å². The van der Waals surface area contributed by atoms with E-state index < -0.39 is 0 Å². The lowest BCUT2D eigenvalue weighted by Gasteiger charge is -2.17. The van der Waals surface area contributed by atoms with E-state index in [0.717, 1.165) is 40.3 Å². The van der Waals surface area contributed by atoms with E-state index in [1.54, 1.807) is 0 Å². The zero-order valence-corrected chi connectivity index (χ0v) is 11.4. The second kappa shape index (κ2) is 4.64. The lowest BCUT2D eigenvalue weighted by Crippen LogP contribution is -2.08. The van der Waals surface area contributed by atoms with Crippen molar-refractivity contribution in [1.29, 1.82) is 0 Å². The summed E-state index contributed by atoms with van der Waals surface area (Å²) in [6.07, 6.45) is 4.45. The summed E-state index contributed by atoms with van der Waals surface area (Å²) >= 11 is 0. The molecule has 0 amide bonds. The van der Waals surface area contributed by atoms with Gasteiger partial charge in [0.25, 0.3) is 0 Å². The van der Waals surface area contributed by atoms with Crippen molar-refractivity contribution in [2.45, 2.75) is 31.8 Å². The van der Waals surface area contributed by atoms with Gasteiger partial charge < -0.3 is 9.52 Å². The van der Waals surface area contributed by atoms with Crippen LogP contribution in [0.1, 0.15) is 37.4 Å². The van der Waals surface area contributed by atoms with E-state index in [9.17, 15) is 5.11 Å². The van der Waals surface area contributed by atoms with Gasteiger partial charge in [0.2, 0.25) is 0 Å². The second-order valence-electron chi connectivity index (χ2n) is 5.84. The van der Waals surface area contributed by atoms with Gasteiger partial charge in [0.15, 0.2) is 0 Å². The van der Waals surface area contributed by atoms with Crippen molar-refractivity contribution < 1.29 is 9.52 Å². The summed E-state index contributed by atoms with van der Waals surface area (Å²) in [5, 5.41) is 12.8. The summed E-state index contributed by atoms with van der Waals surface area (Å²) in [7, 11) is 0. The van der Waals surface area contributed by atoms with Crippen molar-refractivity contribution in [2.24, 2.45) is 5.92 Å². The molecule has 1 saturated carbocycles. The Labute approximate surface area is 118 Å². The molecule has 102 valence electrons. The van der Waals surface area contributed by atoms with Crippen LogP contribution in [0.4, 0.5) is 0 Å². The van der Waals surface area contributed by atoms with E-state index in [2.05, 4.69) is 12.1 Å². The minimum Gasteiger partial charge on any atom is -0.456 e. The number of hydrogen-bond acceptors (Lipinski definition) is 2. The van der Waals surface area contributed by atoms with Gasteiger partial charge in [-0.3, -0.25) is 0 Å². The average Bonchev–Trinajstić information content (AvgIpc) is 3.13. The minimum absolute atomic E-state index is 0.337. The molecule has 4 rings (SSSR count). The Morgan fingerprint density at radius 1 is 0.950 bits per heavy atom. The monoisotopic (exact) mass is 266 g/mol. The van der Waals surface area contributed by atoms with Crippen molar-refractivity contribution in [3.63, 3.8) is 0 Å². The highest BCUT2D eigenvalue weighted by Gasteiger charge is 2.24. The predicted molar refractivity (Wildman–Crippen MR) is 80.6 cm³/mol. The first-order chi connectivity index (χ1) is 9.83. The van der Waals surface area contributed by atoms with Gasteiger partial charge in [-0.1, -0.05) is 37.1 Å². The molecule has 1 unspecified atom stereocenters. The molecule has 1 aliphatic carbocycles. The second-order valence-corrected chi connectivity index (χ2v) is 5.84. The lowest BCUT2D eigenvalue weighted by atomic mass is 9.93. The van der Waals surface area contributed by atoms with E-state index in [-0.39, 0.29) is 6.10 Å². The maximum Gasteiger partial charge on any atom is 0.135 e. The zero-order valence-electron chi connectivity index (χ0n) is 11.4. The molecule has 0 saturated heterocycles. The highest BCUT2D eigenvalue weighted by molar-refractivity contribution is 6.04. The smallest absolute Gasteiger partial charge is 0.135 e. The zero-order chi connectivity index (χ0) is 13.5. The first kappa shape index (κ1) is 12.0. The normalized spacial score (nSPS) is 18.1.